The second-order valence-electron chi connectivity index (χ2n) is 9.33. The lowest BCUT2D eigenvalue weighted by molar-refractivity contribution is -0.944. The molecule has 1 heterocycles. The maximum Gasteiger partial charge on any atom is 0.220 e. The van der Waals surface area contributed by atoms with Crippen LogP contribution in [-0.4, -0.2) is 69.3 Å². The molecule has 3 unspecified atom stereocenters. The molecular weight excluding hydrogens is 346 g/mol. The molecule has 2 saturated carbocycles. The Kier molecular flexibility index (Phi) is 3.33. The zero-order chi connectivity index (χ0) is 19.2. The summed E-state index contributed by atoms with van der Waals surface area (Å²) in [6.45, 7) is 1.65. The van der Waals surface area contributed by atoms with Gasteiger partial charge in [-0.1, -0.05) is 6.08 Å². The van der Waals surface area contributed by atoms with E-state index in [0.29, 0.717) is 28.9 Å². The average Bonchev–Trinajstić information content (AvgIpc) is 3.43. The Morgan fingerprint density at radius 3 is 2.67 bits per heavy atom. The SMILES string of the molecule is C[N@+]1(CC2CC2)CC[C@@]23C4=C(O)C(=O)C=CC4=CC1C2(O)CCC(=O)C3O. The van der Waals surface area contributed by atoms with E-state index in [0.717, 1.165) is 6.54 Å². The van der Waals surface area contributed by atoms with Crippen LogP contribution in [0.4, 0.5) is 0 Å². The summed E-state index contributed by atoms with van der Waals surface area (Å²) in [6.07, 6.45) is 6.68. The third-order valence-corrected chi connectivity index (χ3v) is 7.80. The second kappa shape index (κ2) is 5.19. The number of carbonyl (C=O) groups excluding carboxylic acids is 2. The van der Waals surface area contributed by atoms with Gasteiger partial charge in [-0.25, -0.2) is 0 Å². The number of likely N-dealkylation sites (tertiary alicyclic amines) is 1. The zero-order valence-electron chi connectivity index (χ0n) is 15.5. The highest BCUT2D eigenvalue weighted by molar-refractivity contribution is 6.06. The van der Waals surface area contributed by atoms with Crippen LogP contribution in [0.5, 0.6) is 0 Å². The lowest BCUT2D eigenvalue weighted by Gasteiger charge is -2.65. The molecule has 0 aromatic carbocycles. The molecule has 5 aliphatic rings. The van der Waals surface area contributed by atoms with Gasteiger partial charge < -0.3 is 19.8 Å². The van der Waals surface area contributed by atoms with Crippen LogP contribution in [0.3, 0.4) is 0 Å². The number of carbonyl (C=O) groups is 2. The first-order chi connectivity index (χ1) is 12.7. The van der Waals surface area contributed by atoms with E-state index in [1.807, 2.05) is 6.08 Å². The zero-order valence-corrected chi connectivity index (χ0v) is 15.5. The number of fused-ring (bicyclic) bond motifs is 1. The number of Topliss-reactive ketones (excluding diaryl/α,β-unsaturated/α-hetero) is 1. The summed E-state index contributed by atoms with van der Waals surface area (Å²) in [5.74, 6) is -0.634. The number of quaternary nitrogens is 1. The van der Waals surface area contributed by atoms with Gasteiger partial charge in [0.05, 0.1) is 25.6 Å². The summed E-state index contributed by atoms with van der Waals surface area (Å²) in [7, 11) is 2.15. The first-order valence-electron chi connectivity index (χ1n) is 9.89. The molecule has 3 N–H and O–H groups in total. The van der Waals surface area contributed by atoms with Crippen LogP contribution in [0, 0.1) is 11.3 Å². The molecule has 1 saturated heterocycles. The van der Waals surface area contributed by atoms with Crippen molar-refractivity contribution in [2.75, 3.05) is 20.1 Å². The number of rotatable bonds is 2. The maximum atomic E-state index is 12.5. The predicted octanol–water partition coefficient (Wildman–Crippen LogP) is 0.948. The van der Waals surface area contributed by atoms with E-state index in [1.165, 1.54) is 18.9 Å². The molecule has 2 bridgehead atoms. The minimum atomic E-state index is -1.41. The fourth-order valence-electron chi connectivity index (χ4n) is 6.29. The fraction of sp³-hybridized carbons (Fsp3) is 0.619. The van der Waals surface area contributed by atoms with Gasteiger partial charge in [-0.2, -0.15) is 0 Å². The molecule has 27 heavy (non-hydrogen) atoms. The van der Waals surface area contributed by atoms with Crippen LogP contribution in [0.1, 0.15) is 32.1 Å². The normalized spacial score (nSPS) is 46.1. The fourth-order valence-corrected chi connectivity index (χ4v) is 6.29. The lowest BCUT2D eigenvalue weighted by Crippen LogP contribution is -2.79. The topological polar surface area (TPSA) is 94.8 Å². The van der Waals surface area contributed by atoms with Gasteiger partial charge in [-0.3, -0.25) is 9.59 Å². The van der Waals surface area contributed by atoms with Crippen molar-refractivity contribution in [2.24, 2.45) is 11.3 Å². The van der Waals surface area contributed by atoms with E-state index in [1.54, 1.807) is 6.08 Å². The van der Waals surface area contributed by atoms with Crippen molar-refractivity contribution >= 4 is 11.6 Å². The maximum absolute atomic E-state index is 12.5. The molecule has 5 rings (SSSR count). The van der Waals surface area contributed by atoms with E-state index in [9.17, 15) is 24.9 Å². The van der Waals surface area contributed by atoms with Crippen LogP contribution in [0.2, 0.25) is 0 Å². The summed E-state index contributed by atoms with van der Waals surface area (Å²) >= 11 is 0. The monoisotopic (exact) mass is 372 g/mol. The quantitative estimate of drug-likeness (QED) is 0.628. The molecule has 5 atom stereocenters. The minimum Gasteiger partial charge on any atom is -0.504 e. The molecule has 6 heteroatoms. The molecule has 144 valence electrons. The summed E-state index contributed by atoms with van der Waals surface area (Å²) in [5, 5.41) is 33.7. The van der Waals surface area contributed by atoms with Gasteiger partial charge in [0.15, 0.2) is 11.5 Å². The van der Waals surface area contributed by atoms with E-state index < -0.39 is 28.7 Å². The Bertz CT molecular complexity index is 853. The Hall–Kier alpha value is -1.76. The van der Waals surface area contributed by atoms with Gasteiger partial charge in [0.2, 0.25) is 5.78 Å². The standard InChI is InChI=1S/C21H25NO5/c1-22(11-12-2-3-12)9-8-20-17-13(4-5-14(23)18(17)25)10-16(22)21(20,27)7-6-15(24)19(20)26/h4-5,10,12,16,19,26-27H,2-3,6-9,11H2,1H3/p+1/t16?,19?,20-,21?,22+/m0/s1. The third-order valence-electron chi connectivity index (χ3n) is 7.80. The number of ketones is 2. The number of hydrogen-bond donors (Lipinski definition) is 3. The van der Waals surface area contributed by atoms with E-state index in [4.69, 9.17) is 0 Å². The molecule has 0 amide bonds. The van der Waals surface area contributed by atoms with Crippen LogP contribution in [0.15, 0.2) is 35.1 Å². The largest absolute Gasteiger partial charge is 0.504 e. The van der Waals surface area contributed by atoms with E-state index >= 15 is 0 Å². The van der Waals surface area contributed by atoms with Crippen molar-refractivity contribution in [3.63, 3.8) is 0 Å². The van der Waals surface area contributed by atoms with Crippen LogP contribution in [0.25, 0.3) is 0 Å². The molecular formula is C21H26NO5+. The van der Waals surface area contributed by atoms with E-state index in [2.05, 4.69) is 7.05 Å². The number of likely N-dealkylation sites (N-methyl/N-ethyl adjacent to an activating group) is 1. The summed E-state index contributed by atoms with van der Waals surface area (Å²) in [4.78, 5) is 24.7. The summed E-state index contributed by atoms with van der Waals surface area (Å²) < 4.78 is 0.670. The summed E-state index contributed by atoms with van der Waals surface area (Å²) in [6, 6.07) is -0.279. The highest BCUT2D eigenvalue weighted by Crippen LogP contribution is 2.63. The van der Waals surface area contributed by atoms with Gasteiger partial charge in [-0.05, 0) is 37.0 Å². The second-order valence-corrected chi connectivity index (χ2v) is 9.33. The number of nitrogens with zero attached hydrogens (tertiary/aromatic N) is 1. The minimum absolute atomic E-state index is 0.111. The Balaban J connectivity index is 1.77. The highest BCUT2D eigenvalue weighted by Gasteiger charge is 2.73. The Morgan fingerprint density at radius 2 is 1.96 bits per heavy atom. The van der Waals surface area contributed by atoms with E-state index in [-0.39, 0.29) is 30.2 Å². The van der Waals surface area contributed by atoms with Crippen LogP contribution in [-0.2, 0) is 9.59 Å². The number of piperidine rings is 1. The highest BCUT2D eigenvalue weighted by atomic mass is 16.3. The van der Waals surface area contributed by atoms with Crippen LogP contribution < -0.4 is 0 Å². The van der Waals surface area contributed by atoms with Crippen molar-refractivity contribution in [1.82, 2.24) is 0 Å². The number of hydrogen-bond acceptors (Lipinski definition) is 5. The average molecular weight is 372 g/mol. The Labute approximate surface area is 158 Å². The molecule has 4 aliphatic carbocycles. The first kappa shape index (κ1) is 17.3. The Morgan fingerprint density at radius 1 is 1.22 bits per heavy atom. The molecule has 0 radical (unpaired) electrons. The van der Waals surface area contributed by atoms with Gasteiger partial charge in [0, 0.05) is 24.3 Å². The van der Waals surface area contributed by atoms with Crippen molar-refractivity contribution in [2.45, 2.75) is 49.9 Å². The molecule has 0 spiro atoms. The molecule has 1 aliphatic heterocycles. The number of aliphatic hydroxyl groups excluding tert-OH is 2. The van der Waals surface area contributed by atoms with Gasteiger partial charge in [0.25, 0.3) is 0 Å². The summed E-state index contributed by atoms with van der Waals surface area (Å²) in [5.41, 5.74) is -1.74. The van der Waals surface area contributed by atoms with Gasteiger partial charge in [0.1, 0.15) is 17.7 Å². The molecule has 3 fully saturated rings. The third kappa shape index (κ3) is 2.01. The van der Waals surface area contributed by atoms with Crippen molar-refractivity contribution < 1.29 is 29.4 Å². The number of allylic oxidation sites excluding steroid dienone is 3. The van der Waals surface area contributed by atoms with Crippen LogP contribution >= 0.6 is 0 Å². The predicted molar refractivity (Wildman–Crippen MR) is 96.6 cm³/mol. The molecule has 0 aromatic rings. The first-order valence-corrected chi connectivity index (χ1v) is 9.89. The van der Waals surface area contributed by atoms with Gasteiger partial charge in [-0.15, -0.1) is 0 Å². The van der Waals surface area contributed by atoms with Gasteiger partial charge >= 0.3 is 0 Å². The van der Waals surface area contributed by atoms with Crippen molar-refractivity contribution in [1.29, 1.82) is 0 Å². The number of aliphatic hydroxyl groups is 3. The molecule has 6 nitrogen and oxygen atoms in total. The van der Waals surface area contributed by atoms with Crippen molar-refractivity contribution in [3.8, 4) is 0 Å². The smallest absolute Gasteiger partial charge is 0.220 e. The molecule has 0 aromatic heterocycles. The van der Waals surface area contributed by atoms with Crippen molar-refractivity contribution in [3.05, 3.63) is 35.1 Å². The lowest BCUT2D eigenvalue weighted by atomic mass is 9.47.